The third kappa shape index (κ3) is 4.10. The first-order valence-electron chi connectivity index (χ1n) is 4.39. The third-order valence-corrected chi connectivity index (χ3v) is 1.92. The van der Waals surface area contributed by atoms with Gasteiger partial charge in [0.15, 0.2) is 0 Å². The number of ether oxygens (including phenoxy) is 1. The predicted octanol–water partition coefficient (Wildman–Crippen LogP) is 2.04. The van der Waals surface area contributed by atoms with Crippen molar-refractivity contribution in [3.8, 4) is 5.88 Å². The molecule has 0 saturated carbocycles. The van der Waals surface area contributed by atoms with Crippen molar-refractivity contribution >= 4 is 17.5 Å². The van der Waals surface area contributed by atoms with Crippen molar-refractivity contribution < 1.29 is 22.7 Å². The molecule has 1 heterocycles. The Kier molecular flexibility index (Phi) is 4.17. The van der Waals surface area contributed by atoms with E-state index in [2.05, 4.69) is 4.98 Å². The van der Waals surface area contributed by atoms with Gasteiger partial charge in [0.25, 0.3) is 5.91 Å². The fourth-order valence-corrected chi connectivity index (χ4v) is 1.16. The maximum absolute atomic E-state index is 11.9. The van der Waals surface area contributed by atoms with E-state index in [0.717, 1.165) is 0 Å². The van der Waals surface area contributed by atoms with Crippen molar-refractivity contribution in [1.29, 1.82) is 0 Å². The Labute approximate surface area is 99.7 Å². The maximum Gasteiger partial charge on any atom is 0.405 e. The van der Waals surface area contributed by atoms with Crippen LogP contribution in [0, 0.1) is 0 Å². The molecule has 0 unspecified atom stereocenters. The lowest BCUT2D eigenvalue weighted by Crippen LogP contribution is -2.34. The molecule has 0 aliphatic heterocycles. The first-order chi connectivity index (χ1) is 7.83. The number of amides is 1. The summed E-state index contributed by atoms with van der Waals surface area (Å²) in [7, 11) is 1.24. The van der Waals surface area contributed by atoms with Crippen LogP contribution in [0.5, 0.6) is 5.88 Å². The van der Waals surface area contributed by atoms with Crippen molar-refractivity contribution in [2.24, 2.45) is 0 Å². The van der Waals surface area contributed by atoms with E-state index < -0.39 is 18.6 Å². The summed E-state index contributed by atoms with van der Waals surface area (Å²) in [6.07, 6.45) is -4.47. The molecule has 0 atom stereocenters. The van der Waals surface area contributed by atoms with Crippen LogP contribution in [0.3, 0.4) is 0 Å². The Balaban J connectivity index is 2.82. The second kappa shape index (κ2) is 5.22. The van der Waals surface area contributed by atoms with Gasteiger partial charge in [0.05, 0.1) is 7.11 Å². The number of carbonyl (C=O) groups is 1. The fraction of sp³-hybridized carbons (Fsp3) is 0.333. The fourth-order valence-electron chi connectivity index (χ4n) is 1.02. The van der Waals surface area contributed by atoms with Crippen LogP contribution in [-0.4, -0.2) is 30.7 Å². The zero-order valence-electron chi connectivity index (χ0n) is 8.64. The van der Waals surface area contributed by atoms with Crippen molar-refractivity contribution in [2.75, 3.05) is 13.7 Å². The summed E-state index contributed by atoms with van der Waals surface area (Å²) in [6.45, 7) is -1.42. The van der Waals surface area contributed by atoms with E-state index in [0.29, 0.717) is 0 Å². The second-order valence-corrected chi connectivity index (χ2v) is 3.38. The lowest BCUT2D eigenvalue weighted by atomic mass is 10.2. The first kappa shape index (κ1) is 13.6. The van der Waals surface area contributed by atoms with Gasteiger partial charge in [-0.3, -0.25) is 4.79 Å². The molecule has 0 bridgehead atoms. The molecule has 1 aromatic heterocycles. The molecular formula is C9H8ClF3N2O2. The van der Waals surface area contributed by atoms with Gasteiger partial charge in [-0.25, -0.2) is 4.98 Å². The van der Waals surface area contributed by atoms with E-state index in [1.54, 1.807) is 5.32 Å². The number of halogens is 4. The van der Waals surface area contributed by atoms with Crippen LogP contribution in [0.25, 0.3) is 0 Å². The molecule has 8 heteroatoms. The molecule has 0 spiro atoms. The van der Waals surface area contributed by atoms with Gasteiger partial charge in [0.2, 0.25) is 5.88 Å². The number of nitrogens with one attached hydrogen (secondary N) is 1. The zero-order chi connectivity index (χ0) is 13.1. The van der Waals surface area contributed by atoms with Crippen molar-refractivity contribution in [3.05, 3.63) is 22.8 Å². The smallest absolute Gasteiger partial charge is 0.405 e. The Morgan fingerprint density at radius 1 is 1.53 bits per heavy atom. The van der Waals surface area contributed by atoms with Gasteiger partial charge in [-0.15, -0.1) is 0 Å². The molecule has 1 N–H and O–H groups in total. The average molecular weight is 269 g/mol. The highest BCUT2D eigenvalue weighted by Gasteiger charge is 2.28. The van der Waals surface area contributed by atoms with Crippen molar-refractivity contribution in [3.63, 3.8) is 0 Å². The molecule has 17 heavy (non-hydrogen) atoms. The Bertz CT molecular complexity index is 423. The number of carbonyl (C=O) groups excluding carboxylic acids is 1. The molecule has 0 aliphatic rings. The summed E-state index contributed by atoms with van der Waals surface area (Å²) in [5.74, 6) is -1.06. The monoisotopic (exact) mass is 268 g/mol. The molecule has 0 aliphatic carbocycles. The highest BCUT2D eigenvalue weighted by molar-refractivity contribution is 6.29. The molecule has 1 rings (SSSR count). The minimum absolute atomic E-state index is 0.0780. The molecule has 4 nitrogen and oxygen atoms in total. The van der Waals surface area contributed by atoms with Gasteiger partial charge in [0, 0.05) is 0 Å². The number of nitrogens with zero attached hydrogens (tertiary/aromatic N) is 1. The summed E-state index contributed by atoms with van der Waals surface area (Å²) in [4.78, 5) is 15.1. The maximum atomic E-state index is 11.9. The van der Waals surface area contributed by atoms with E-state index in [9.17, 15) is 18.0 Å². The van der Waals surface area contributed by atoms with Crippen LogP contribution in [-0.2, 0) is 0 Å². The van der Waals surface area contributed by atoms with Crippen molar-refractivity contribution in [1.82, 2.24) is 10.3 Å². The summed E-state index contributed by atoms with van der Waals surface area (Å²) in [6, 6.07) is 2.52. The molecule has 1 amide bonds. The molecule has 0 fully saturated rings. The van der Waals surface area contributed by atoms with E-state index in [-0.39, 0.29) is 16.6 Å². The van der Waals surface area contributed by atoms with E-state index in [1.165, 1.54) is 19.2 Å². The van der Waals surface area contributed by atoms with E-state index in [4.69, 9.17) is 16.3 Å². The van der Waals surface area contributed by atoms with E-state index in [1.807, 2.05) is 0 Å². The largest absolute Gasteiger partial charge is 0.480 e. The molecular weight excluding hydrogens is 261 g/mol. The van der Waals surface area contributed by atoms with Crippen LogP contribution in [0.2, 0.25) is 5.15 Å². The topological polar surface area (TPSA) is 51.2 Å². The summed E-state index contributed by atoms with van der Waals surface area (Å²) in [5.41, 5.74) is -0.110. The van der Waals surface area contributed by atoms with E-state index >= 15 is 0 Å². The lowest BCUT2D eigenvalue weighted by molar-refractivity contribution is -0.123. The number of pyridine rings is 1. The Morgan fingerprint density at radius 3 is 2.71 bits per heavy atom. The zero-order valence-corrected chi connectivity index (χ0v) is 9.39. The minimum Gasteiger partial charge on any atom is -0.480 e. The number of methoxy groups -OCH3 is 1. The number of rotatable bonds is 3. The number of aromatic nitrogens is 1. The third-order valence-electron chi connectivity index (χ3n) is 1.71. The van der Waals surface area contributed by atoms with Gasteiger partial charge < -0.3 is 10.1 Å². The predicted molar refractivity (Wildman–Crippen MR) is 54.2 cm³/mol. The van der Waals surface area contributed by atoms with Crippen LogP contribution < -0.4 is 10.1 Å². The molecule has 0 saturated heterocycles. The highest BCUT2D eigenvalue weighted by atomic mass is 35.5. The number of hydrogen-bond acceptors (Lipinski definition) is 3. The Morgan fingerprint density at radius 2 is 2.18 bits per heavy atom. The minimum atomic E-state index is -4.47. The standard InChI is InChI=1S/C9H8ClF3N2O2/c1-17-8-5(2-3-6(10)15-8)7(16)14-4-9(11,12)13/h2-3H,4H2,1H3,(H,14,16). The summed E-state index contributed by atoms with van der Waals surface area (Å²) < 4.78 is 40.4. The van der Waals surface area contributed by atoms with Crippen LogP contribution >= 0.6 is 11.6 Å². The van der Waals surface area contributed by atoms with Crippen molar-refractivity contribution in [2.45, 2.75) is 6.18 Å². The molecule has 0 radical (unpaired) electrons. The van der Waals surface area contributed by atoms with Gasteiger partial charge in [-0.1, -0.05) is 11.6 Å². The summed E-state index contributed by atoms with van der Waals surface area (Å²) >= 11 is 5.55. The highest BCUT2D eigenvalue weighted by Crippen LogP contribution is 2.19. The average Bonchev–Trinajstić information content (AvgIpc) is 2.24. The van der Waals surface area contributed by atoms with Gasteiger partial charge in [-0.05, 0) is 12.1 Å². The number of hydrogen-bond donors (Lipinski definition) is 1. The summed E-state index contributed by atoms with van der Waals surface area (Å²) in [5, 5.41) is 1.78. The first-order valence-corrected chi connectivity index (χ1v) is 4.77. The Hall–Kier alpha value is -1.50. The molecule has 94 valence electrons. The normalized spacial score (nSPS) is 11.1. The van der Waals surface area contributed by atoms with Gasteiger partial charge >= 0.3 is 6.18 Å². The van der Waals surface area contributed by atoms with Gasteiger partial charge in [-0.2, -0.15) is 13.2 Å². The quantitative estimate of drug-likeness (QED) is 0.854. The molecule has 1 aromatic rings. The van der Waals surface area contributed by atoms with Crippen LogP contribution in [0.1, 0.15) is 10.4 Å². The SMILES string of the molecule is COc1nc(Cl)ccc1C(=O)NCC(F)(F)F. The van der Waals surface area contributed by atoms with Crippen LogP contribution in [0.4, 0.5) is 13.2 Å². The van der Waals surface area contributed by atoms with Crippen LogP contribution in [0.15, 0.2) is 12.1 Å². The second-order valence-electron chi connectivity index (χ2n) is 2.99. The lowest BCUT2D eigenvalue weighted by Gasteiger charge is -2.10. The van der Waals surface area contributed by atoms with Gasteiger partial charge in [0.1, 0.15) is 17.3 Å². The number of alkyl halides is 3. The molecule has 0 aromatic carbocycles.